The average molecular weight is 437 g/mol. The van der Waals surface area contributed by atoms with Gasteiger partial charge < -0.3 is 9.47 Å². The number of hydrogen-bond donors (Lipinski definition) is 0. The van der Waals surface area contributed by atoms with E-state index < -0.39 is 0 Å². The molecule has 0 atom stereocenters. The third-order valence-corrected chi connectivity index (χ3v) is 7.14. The van der Waals surface area contributed by atoms with E-state index in [2.05, 4.69) is 37.3 Å². The molecule has 0 amide bonds. The van der Waals surface area contributed by atoms with Gasteiger partial charge in [-0.25, -0.2) is 0 Å². The Labute approximate surface area is 194 Å². The van der Waals surface area contributed by atoms with E-state index in [1.165, 1.54) is 81.4 Å². The molecule has 32 heavy (non-hydrogen) atoms. The fraction of sp³-hybridized carbons (Fsp3) is 0.552. The molecule has 3 nitrogen and oxygen atoms in total. The minimum Gasteiger partial charge on any atom is -0.496 e. The van der Waals surface area contributed by atoms with Crippen molar-refractivity contribution in [2.75, 3.05) is 7.11 Å². The van der Waals surface area contributed by atoms with E-state index in [0.29, 0.717) is 5.75 Å². The molecule has 2 aromatic carbocycles. The monoisotopic (exact) mass is 436 g/mol. The minimum atomic E-state index is -0.271. The van der Waals surface area contributed by atoms with E-state index in [-0.39, 0.29) is 11.4 Å². The van der Waals surface area contributed by atoms with Gasteiger partial charge in [-0.3, -0.25) is 4.79 Å². The summed E-state index contributed by atoms with van der Waals surface area (Å²) in [4.78, 5) is 11.5. The van der Waals surface area contributed by atoms with Crippen molar-refractivity contribution in [3.8, 4) is 11.5 Å². The van der Waals surface area contributed by atoms with Crippen LogP contribution >= 0.6 is 0 Å². The Morgan fingerprint density at radius 2 is 1.16 bits per heavy atom. The average Bonchev–Trinajstić information content (AvgIpc) is 2.75. The van der Waals surface area contributed by atoms with Crippen LogP contribution in [0, 0.1) is 13.8 Å². The van der Waals surface area contributed by atoms with Crippen molar-refractivity contribution in [1.29, 1.82) is 0 Å². The first-order valence-electron chi connectivity index (χ1n) is 12.4. The predicted octanol–water partition coefficient (Wildman–Crippen LogP) is 7.83. The molecule has 1 aliphatic carbocycles. The normalized spacial score (nSPS) is 17.6. The number of methoxy groups -OCH3 is 1. The number of carbonyl (C=O) groups excluding carboxylic acids is 1. The molecule has 0 N–H and O–H groups in total. The SMILES string of the molecule is COc1ccc(C2(c3ccc(OC(C)=O)c(C)c3)CCCCCCCCCCC2)cc1C. The van der Waals surface area contributed by atoms with Crippen molar-refractivity contribution < 1.29 is 14.3 Å². The molecule has 0 heterocycles. The number of aryl methyl sites for hydroxylation is 2. The zero-order valence-electron chi connectivity index (χ0n) is 20.5. The molecular formula is C29H40O3. The lowest BCUT2D eigenvalue weighted by atomic mass is 9.67. The number of hydrogen-bond acceptors (Lipinski definition) is 3. The Balaban J connectivity index is 2.07. The van der Waals surface area contributed by atoms with Crippen molar-refractivity contribution in [3.05, 3.63) is 58.7 Å². The zero-order chi connectivity index (χ0) is 23.0. The molecule has 1 fully saturated rings. The molecule has 0 bridgehead atoms. The highest BCUT2D eigenvalue weighted by Crippen LogP contribution is 2.44. The second-order valence-electron chi connectivity index (χ2n) is 9.52. The number of benzene rings is 2. The first kappa shape index (κ1) is 24.4. The van der Waals surface area contributed by atoms with Gasteiger partial charge in [-0.15, -0.1) is 0 Å². The standard InChI is InChI=1S/C29H40O3/c1-22-20-25(14-16-27(22)31-4)29(18-12-10-8-6-5-7-9-11-13-19-29)26-15-17-28(23(2)21-26)32-24(3)30/h14-17,20-21H,5-13,18-19H2,1-4H3. The van der Waals surface area contributed by atoms with Crippen LogP contribution in [0.5, 0.6) is 11.5 Å². The van der Waals surface area contributed by atoms with Gasteiger partial charge in [-0.2, -0.15) is 0 Å². The van der Waals surface area contributed by atoms with Crippen molar-refractivity contribution in [2.24, 2.45) is 0 Å². The van der Waals surface area contributed by atoms with Crippen LogP contribution in [0.15, 0.2) is 36.4 Å². The van der Waals surface area contributed by atoms with E-state index in [9.17, 15) is 4.79 Å². The first-order chi connectivity index (χ1) is 15.5. The predicted molar refractivity (Wildman–Crippen MR) is 132 cm³/mol. The molecule has 0 unspecified atom stereocenters. The largest absolute Gasteiger partial charge is 0.496 e. The summed E-state index contributed by atoms with van der Waals surface area (Å²) in [5, 5.41) is 0. The second-order valence-corrected chi connectivity index (χ2v) is 9.52. The Hall–Kier alpha value is -2.29. The highest BCUT2D eigenvalue weighted by molar-refractivity contribution is 5.70. The lowest BCUT2D eigenvalue weighted by Crippen LogP contribution is -2.28. The maximum Gasteiger partial charge on any atom is 0.308 e. The van der Waals surface area contributed by atoms with E-state index >= 15 is 0 Å². The van der Waals surface area contributed by atoms with Gasteiger partial charge in [0.2, 0.25) is 0 Å². The molecule has 0 radical (unpaired) electrons. The van der Waals surface area contributed by atoms with Crippen LogP contribution in [-0.2, 0) is 10.2 Å². The lowest BCUT2D eigenvalue weighted by molar-refractivity contribution is -0.131. The molecule has 0 spiro atoms. The summed E-state index contributed by atoms with van der Waals surface area (Å²) in [6, 6.07) is 13.2. The van der Waals surface area contributed by atoms with Crippen molar-refractivity contribution in [1.82, 2.24) is 0 Å². The van der Waals surface area contributed by atoms with Gasteiger partial charge in [0.25, 0.3) is 0 Å². The van der Waals surface area contributed by atoms with Crippen LogP contribution in [0.1, 0.15) is 99.8 Å². The Bertz CT molecular complexity index is 887. The first-order valence-corrected chi connectivity index (χ1v) is 12.4. The molecule has 3 heteroatoms. The van der Waals surface area contributed by atoms with E-state index in [0.717, 1.165) is 24.2 Å². The summed E-state index contributed by atoms with van der Waals surface area (Å²) in [6.45, 7) is 5.65. The summed E-state index contributed by atoms with van der Waals surface area (Å²) in [6.07, 6.45) is 14.1. The van der Waals surface area contributed by atoms with Gasteiger partial charge in [0.1, 0.15) is 11.5 Å². The summed E-state index contributed by atoms with van der Waals surface area (Å²) in [7, 11) is 1.74. The second kappa shape index (κ2) is 11.5. The Morgan fingerprint density at radius 1 is 0.719 bits per heavy atom. The van der Waals surface area contributed by atoms with Crippen LogP contribution < -0.4 is 9.47 Å². The summed E-state index contributed by atoms with van der Waals surface area (Å²) in [5.41, 5.74) is 4.90. The third kappa shape index (κ3) is 5.94. The Morgan fingerprint density at radius 3 is 1.56 bits per heavy atom. The van der Waals surface area contributed by atoms with Gasteiger partial charge in [-0.1, -0.05) is 82.1 Å². The third-order valence-electron chi connectivity index (χ3n) is 7.14. The van der Waals surface area contributed by atoms with Crippen LogP contribution in [0.25, 0.3) is 0 Å². The van der Waals surface area contributed by atoms with Crippen LogP contribution in [0.4, 0.5) is 0 Å². The highest BCUT2D eigenvalue weighted by atomic mass is 16.5. The number of rotatable bonds is 4. The number of carbonyl (C=O) groups is 1. The van der Waals surface area contributed by atoms with Gasteiger partial charge in [0.05, 0.1) is 7.11 Å². The fourth-order valence-corrected chi connectivity index (χ4v) is 5.35. The van der Waals surface area contributed by atoms with E-state index in [1.807, 2.05) is 13.0 Å². The van der Waals surface area contributed by atoms with Gasteiger partial charge >= 0.3 is 5.97 Å². The van der Waals surface area contributed by atoms with Crippen molar-refractivity contribution in [2.45, 2.75) is 96.8 Å². The van der Waals surface area contributed by atoms with E-state index in [4.69, 9.17) is 9.47 Å². The van der Waals surface area contributed by atoms with Gasteiger partial charge in [0.15, 0.2) is 0 Å². The molecule has 1 saturated carbocycles. The van der Waals surface area contributed by atoms with Crippen LogP contribution in [0.3, 0.4) is 0 Å². The number of esters is 1. The molecule has 0 saturated heterocycles. The van der Waals surface area contributed by atoms with Gasteiger partial charge in [-0.05, 0) is 61.1 Å². The summed E-state index contributed by atoms with van der Waals surface area (Å²) in [5.74, 6) is 1.33. The zero-order valence-corrected chi connectivity index (χ0v) is 20.5. The highest BCUT2D eigenvalue weighted by Gasteiger charge is 2.34. The van der Waals surface area contributed by atoms with Crippen LogP contribution in [0.2, 0.25) is 0 Å². The van der Waals surface area contributed by atoms with Crippen LogP contribution in [-0.4, -0.2) is 13.1 Å². The molecular weight excluding hydrogens is 396 g/mol. The lowest BCUT2D eigenvalue weighted by Gasteiger charge is -2.37. The molecule has 2 aromatic rings. The Kier molecular flexibility index (Phi) is 8.78. The fourth-order valence-electron chi connectivity index (χ4n) is 5.35. The molecule has 174 valence electrons. The topological polar surface area (TPSA) is 35.5 Å². The summed E-state index contributed by atoms with van der Waals surface area (Å²) < 4.78 is 11.0. The molecule has 1 aliphatic rings. The van der Waals surface area contributed by atoms with Crippen molar-refractivity contribution in [3.63, 3.8) is 0 Å². The molecule has 3 rings (SSSR count). The minimum absolute atomic E-state index is 0.0320. The maximum absolute atomic E-state index is 11.5. The van der Waals surface area contributed by atoms with Gasteiger partial charge in [0, 0.05) is 12.3 Å². The molecule has 0 aromatic heterocycles. The van der Waals surface area contributed by atoms with E-state index in [1.54, 1.807) is 7.11 Å². The number of ether oxygens (including phenoxy) is 2. The molecule has 0 aliphatic heterocycles. The van der Waals surface area contributed by atoms with Crippen molar-refractivity contribution >= 4 is 5.97 Å². The maximum atomic E-state index is 11.5. The smallest absolute Gasteiger partial charge is 0.308 e. The quantitative estimate of drug-likeness (QED) is 0.362. The summed E-state index contributed by atoms with van der Waals surface area (Å²) >= 11 is 0.